The molecule has 3 heterocycles. The maximum absolute atomic E-state index is 6.60. The van der Waals surface area contributed by atoms with Crippen LogP contribution in [0.25, 0.3) is 0 Å². The fraction of sp³-hybridized carbons (Fsp3) is 0.783. The van der Waals surface area contributed by atoms with E-state index in [1.165, 1.54) is 31.1 Å². The van der Waals surface area contributed by atoms with Gasteiger partial charge in [0, 0.05) is 25.5 Å². The first-order chi connectivity index (χ1) is 14.1. The van der Waals surface area contributed by atoms with Gasteiger partial charge in [0.1, 0.15) is 0 Å². The topological polar surface area (TPSA) is 43.8 Å². The van der Waals surface area contributed by atoms with Crippen molar-refractivity contribution in [2.75, 3.05) is 26.4 Å². The summed E-state index contributed by atoms with van der Waals surface area (Å²) < 4.78 is 18.7. The van der Waals surface area contributed by atoms with Crippen LogP contribution in [-0.4, -0.2) is 68.7 Å². The molecule has 30 heavy (non-hydrogen) atoms. The summed E-state index contributed by atoms with van der Waals surface area (Å²) >= 11 is 0. The molecule has 2 aliphatic heterocycles. The highest BCUT2D eigenvalue weighted by Gasteiger charge is 2.56. The van der Waals surface area contributed by atoms with Crippen molar-refractivity contribution >= 4 is 15.2 Å². The van der Waals surface area contributed by atoms with Gasteiger partial charge < -0.3 is 18.9 Å². The summed E-state index contributed by atoms with van der Waals surface area (Å²) in [6, 6.07) is 4.82. The van der Waals surface area contributed by atoms with Gasteiger partial charge in [-0.05, 0) is 82.8 Å². The summed E-state index contributed by atoms with van der Waals surface area (Å²) in [4.78, 5) is 6.85. The molecule has 0 unspecified atom stereocenters. The van der Waals surface area contributed by atoms with Gasteiger partial charge in [-0.2, -0.15) is 0 Å². The van der Waals surface area contributed by atoms with E-state index in [0.29, 0.717) is 11.5 Å². The predicted octanol–water partition coefficient (Wildman–Crippen LogP) is 4.37. The van der Waals surface area contributed by atoms with E-state index in [0.717, 1.165) is 19.4 Å². The molecule has 7 heteroatoms. The van der Waals surface area contributed by atoms with Crippen LogP contribution in [0.4, 0.5) is 0 Å². The molecule has 1 aromatic rings. The van der Waals surface area contributed by atoms with Gasteiger partial charge >= 0.3 is 7.12 Å². The van der Waals surface area contributed by atoms with Crippen molar-refractivity contribution in [3.8, 4) is 0 Å². The summed E-state index contributed by atoms with van der Waals surface area (Å²) in [5.74, 6) is 0. The largest absolute Gasteiger partial charge is 0.458 e. The number of aryl methyl sites for hydroxylation is 1. The van der Waals surface area contributed by atoms with Crippen molar-refractivity contribution in [2.45, 2.75) is 89.2 Å². The van der Waals surface area contributed by atoms with Crippen molar-refractivity contribution in [1.29, 1.82) is 0 Å². The molecular formula is C23H41BN2O3Si. The summed E-state index contributed by atoms with van der Waals surface area (Å²) in [6.45, 7) is 15.7. The monoisotopic (exact) mass is 432 g/mol. The van der Waals surface area contributed by atoms with E-state index in [9.17, 15) is 0 Å². The Hall–Kier alpha value is -0.728. The normalized spacial score (nSPS) is 25.0. The molecule has 0 radical (unpaired) electrons. The van der Waals surface area contributed by atoms with Gasteiger partial charge in [0.05, 0.1) is 25.9 Å². The second-order valence-corrected chi connectivity index (χ2v) is 15.9. The minimum atomic E-state index is -1.71. The maximum atomic E-state index is 6.60. The Morgan fingerprint density at radius 2 is 1.83 bits per heavy atom. The fourth-order valence-electron chi connectivity index (χ4n) is 4.94. The average molecular weight is 432 g/mol. The van der Waals surface area contributed by atoms with Crippen LogP contribution in [0, 0.1) is 0 Å². The van der Waals surface area contributed by atoms with E-state index in [1.54, 1.807) is 0 Å². The summed E-state index contributed by atoms with van der Waals surface area (Å²) in [5, 5.41) is 0. The highest BCUT2D eigenvalue weighted by molar-refractivity contribution is 6.88. The van der Waals surface area contributed by atoms with Crippen LogP contribution in [0.5, 0.6) is 0 Å². The Morgan fingerprint density at radius 1 is 1.20 bits per heavy atom. The SMILES string of the molecule is COC[C@@H]1CCCN1C[Si](C)(C)[C@H](CCc1ccncc1)B1OC(C)(C)C(C)(C)O1. The van der Waals surface area contributed by atoms with E-state index >= 15 is 0 Å². The first-order valence-corrected chi connectivity index (χ1v) is 14.8. The number of aromatic nitrogens is 1. The average Bonchev–Trinajstić information content (AvgIpc) is 3.16. The lowest BCUT2D eigenvalue weighted by atomic mass is 9.80. The number of nitrogens with zero attached hydrogens (tertiary/aromatic N) is 2. The Balaban J connectivity index is 1.79. The van der Waals surface area contributed by atoms with Crippen LogP contribution in [0.15, 0.2) is 24.5 Å². The highest BCUT2D eigenvalue weighted by Crippen LogP contribution is 2.44. The quantitative estimate of drug-likeness (QED) is 0.542. The van der Waals surface area contributed by atoms with Gasteiger partial charge in [-0.3, -0.25) is 4.98 Å². The molecule has 2 saturated heterocycles. The Kier molecular flexibility index (Phi) is 7.50. The highest BCUT2D eigenvalue weighted by atomic mass is 28.3. The third-order valence-corrected chi connectivity index (χ3v) is 11.4. The lowest BCUT2D eigenvalue weighted by molar-refractivity contribution is 0.00578. The minimum Gasteiger partial charge on any atom is -0.403 e. The number of rotatable bonds is 9. The summed E-state index contributed by atoms with van der Waals surface area (Å²) in [7, 11) is -0.0245. The Bertz CT molecular complexity index is 670. The van der Waals surface area contributed by atoms with Crippen LogP contribution in [0.3, 0.4) is 0 Å². The third kappa shape index (κ3) is 5.36. The molecule has 0 bridgehead atoms. The minimum absolute atomic E-state index is 0.137. The zero-order valence-electron chi connectivity index (χ0n) is 20.1. The second-order valence-electron chi connectivity index (χ2n) is 10.8. The molecule has 168 valence electrons. The van der Waals surface area contributed by atoms with Crippen molar-refractivity contribution in [3.05, 3.63) is 30.1 Å². The molecule has 5 nitrogen and oxygen atoms in total. The molecular weight excluding hydrogens is 391 g/mol. The molecule has 3 rings (SSSR count). The molecule has 1 aromatic heterocycles. The lowest BCUT2D eigenvalue weighted by Crippen LogP contribution is -2.53. The van der Waals surface area contributed by atoms with Crippen LogP contribution in [0.1, 0.15) is 52.5 Å². The first-order valence-electron chi connectivity index (χ1n) is 11.5. The second kappa shape index (κ2) is 9.41. The molecule has 2 atom stereocenters. The van der Waals surface area contributed by atoms with Crippen molar-refractivity contribution < 1.29 is 14.0 Å². The van der Waals surface area contributed by atoms with Gasteiger partial charge in [0.2, 0.25) is 0 Å². The van der Waals surface area contributed by atoms with Gasteiger partial charge in [-0.15, -0.1) is 0 Å². The van der Waals surface area contributed by atoms with Gasteiger partial charge in [-0.1, -0.05) is 19.5 Å². The van der Waals surface area contributed by atoms with E-state index in [-0.39, 0.29) is 18.3 Å². The number of likely N-dealkylation sites (tertiary alicyclic amines) is 1. The summed E-state index contributed by atoms with van der Waals surface area (Å²) in [6.07, 6.45) is 9.60. The third-order valence-electron chi connectivity index (χ3n) is 7.57. The van der Waals surface area contributed by atoms with E-state index in [2.05, 4.69) is 62.8 Å². The number of pyridine rings is 1. The molecule has 2 aliphatic rings. The zero-order valence-corrected chi connectivity index (χ0v) is 21.1. The Morgan fingerprint density at radius 3 is 2.43 bits per heavy atom. The lowest BCUT2D eigenvalue weighted by Gasteiger charge is -2.39. The summed E-state index contributed by atoms with van der Waals surface area (Å²) in [5.41, 5.74) is 1.19. The Labute approximate surface area is 185 Å². The van der Waals surface area contributed by atoms with Gasteiger partial charge in [-0.25, -0.2) is 0 Å². The van der Waals surface area contributed by atoms with Gasteiger partial charge in [0.25, 0.3) is 0 Å². The van der Waals surface area contributed by atoms with Crippen LogP contribution < -0.4 is 0 Å². The van der Waals surface area contributed by atoms with Crippen LogP contribution in [-0.2, 0) is 20.5 Å². The molecule has 0 spiro atoms. The molecule has 0 saturated carbocycles. The van der Waals surface area contributed by atoms with Crippen LogP contribution in [0.2, 0.25) is 18.5 Å². The fourth-order valence-corrected chi connectivity index (χ4v) is 8.44. The molecule has 2 fully saturated rings. The number of methoxy groups -OCH3 is 1. The van der Waals surface area contributed by atoms with Crippen molar-refractivity contribution in [1.82, 2.24) is 9.88 Å². The van der Waals surface area contributed by atoms with E-state index in [1.807, 2.05) is 19.5 Å². The number of hydrogen-bond acceptors (Lipinski definition) is 5. The van der Waals surface area contributed by atoms with Crippen molar-refractivity contribution in [3.63, 3.8) is 0 Å². The molecule has 0 N–H and O–H groups in total. The zero-order chi connectivity index (χ0) is 22.0. The number of ether oxygens (including phenoxy) is 1. The van der Waals surface area contributed by atoms with Crippen LogP contribution >= 0.6 is 0 Å². The van der Waals surface area contributed by atoms with E-state index < -0.39 is 8.07 Å². The first kappa shape index (κ1) is 23.9. The molecule has 0 amide bonds. The maximum Gasteiger partial charge on any atom is 0.458 e. The van der Waals surface area contributed by atoms with Crippen molar-refractivity contribution in [2.24, 2.45) is 0 Å². The standard InChI is InChI=1S/C23H41BN2O3Si/c1-22(2)23(3,4)29-24(28-22)21(11-10-19-12-14-25-15-13-19)30(6,7)18-26-16-8-9-20(26)17-27-5/h12-15,20-21H,8-11,16-18H2,1-7H3/t20-,21+/m0/s1. The number of hydrogen-bond donors (Lipinski definition) is 0. The van der Waals surface area contributed by atoms with E-state index in [4.69, 9.17) is 14.0 Å². The smallest absolute Gasteiger partial charge is 0.403 e. The predicted molar refractivity (Wildman–Crippen MR) is 126 cm³/mol. The molecule has 0 aliphatic carbocycles. The molecule has 0 aromatic carbocycles. The van der Waals surface area contributed by atoms with Gasteiger partial charge in [0.15, 0.2) is 0 Å².